The van der Waals surface area contributed by atoms with Gasteiger partial charge in [0.05, 0.1) is 18.1 Å². The molecular formula is C19H32IN3O2S2. The van der Waals surface area contributed by atoms with Gasteiger partial charge in [0.25, 0.3) is 0 Å². The van der Waals surface area contributed by atoms with Crippen LogP contribution in [0.4, 0.5) is 0 Å². The van der Waals surface area contributed by atoms with E-state index in [1.807, 2.05) is 0 Å². The number of hydrogen-bond acceptors (Lipinski definition) is 4. The lowest BCUT2D eigenvalue weighted by molar-refractivity contribution is 0.306. The van der Waals surface area contributed by atoms with E-state index in [0.29, 0.717) is 36.6 Å². The van der Waals surface area contributed by atoms with Gasteiger partial charge in [-0.25, -0.2) is 13.4 Å². The van der Waals surface area contributed by atoms with Crippen LogP contribution < -0.4 is 10.6 Å². The molecule has 2 N–H and O–H groups in total. The van der Waals surface area contributed by atoms with Crippen LogP contribution in [0.2, 0.25) is 0 Å². The van der Waals surface area contributed by atoms with E-state index >= 15 is 0 Å². The fraction of sp³-hybridized carbons (Fsp3) is 0.737. The lowest BCUT2D eigenvalue weighted by Crippen LogP contribution is -2.48. The van der Waals surface area contributed by atoms with Gasteiger partial charge in [-0.2, -0.15) is 0 Å². The third-order valence-corrected chi connectivity index (χ3v) is 8.33. The van der Waals surface area contributed by atoms with Crippen molar-refractivity contribution in [1.29, 1.82) is 0 Å². The van der Waals surface area contributed by atoms with Crippen LogP contribution in [0.15, 0.2) is 17.1 Å². The molecule has 1 saturated carbocycles. The number of halogens is 1. The van der Waals surface area contributed by atoms with Gasteiger partial charge in [0.15, 0.2) is 15.8 Å². The van der Waals surface area contributed by atoms with Gasteiger partial charge in [-0.1, -0.05) is 19.8 Å². The van der Waals surface area contributed by atoms with Crippen molar-refractivity contribution in [2.24, 2.45) is 16.8 Å². The quantitative estimate of drug-likeness (QED) is 0.349. The molecule has 3 unspecified atom stereocenters. The minimum atomic E-state index is -2.83. The van der Waals surface area contributed by atoms with Crippen molar-refractivity contribution in [2.75, 3.05) is 18.1 Å². The Labute approximate surface area is 184 Å². The zero-order chi connectivity index (χ0) is 18.6. The number of rotatable bonds is 5. The molecule has 3 atom stereocenters. The predicted molar refractivity (Wildman–Crippen MR) is 125 cm³/mol. The summed E-state index contributed by atoms with van der Waals surface area (Å²) >= 11 is 1.78. The molecule has 2 heterocycles. The average molecular weight is 526 g/mol. The minimum Gasteiger partial charge on any atom is -0.356 e. The molecule has 0 amide bonds. The maximum Gasteiger partial charge on any atom is 0.191 e. The third-order valence-electron chi connectivity index (χ3n) is 5.51. The van der Waals surface area contributed by atoms with Crippen LogP contribution in [0.1, 0.15) is 48.8 Å². The van der Waals surface area contributed by atoms with Crippen molar-refractivity contribution in [3.63, 3.8) is 0 Å². The lowest BCUT2D eigenvalue weighted by Gasteiger charge is -2.31. The Morgan fingerprint density at radius 1 is 1.26 bits per heavy atom. The predicted octanol–water partition coefficient (Wildman–Crippen LogP) is 3.72. The zero-order valence-corrected chi connectivity index (χ0v) is 20.2. The summed E-state index contributed by atoms with van der Waals surface area (Å²) < 4.78 is 23.4. The zero-order valence-electron chi connectivity index (χ0n) is 16.2. The Hall–Kier alpha value is -0.350. The molecule has 5 nitrogen and oxygen atoms in total. The van der Waals surface area contributed by atoms with Crippen LogP contribution in [-0.4, -0.2) is 38.5 Å². The molecule has 1 aliphatic carbocycles. The second kappa shape index (κ2) is 10.4. The average Bonchev–Trinajstić information content (AvgIpc) is 3.17. The smallest absolute Gasteiger partial charge is 0.191 e. The van der Waals surface area contributed by atoms with Gasteiger partial charge < -0.3 is 10.6 Å². The highest BCUT2D eigenvalue weighted by molar-refractivity contribution is 14.0. The fourth-order valence-electron chi connectivity index (χ4n) is 3.86. The normalized spacial score (nSPS) is 27.8. The highest BCUT2D eigenvalue weighted by Gasteiger charge is 2.28. The molecular weight excluding hydrogens is 493 g/mol. The van der Waals surface area contributed by atoms with Crippen LogP contribution in [0.25, 0.3) is 0 Å². The summed E-state index contributed by atoms with van der Waals surface area (Å²) in [5.41, 5.74) is 0. The van der Waals surface area contributed by atoms with Crippen LogP contribution in [-0.2, 0) is 16.4 Å². The van der Waals surface area contributed by atoms with E-state index in [9.17, 15) is 8.42 Å². The molecule has 2 fully saturated rings. The van der Waals surface area contributed by atoms with Crippen molar-refractivity contribution in [3.05, 3.63) is 21.9 Å². The van der Waals surface area contributed by atoms with E-state index < -0.39 is 9.84 Å². The second-order valence-corrected chi connectivity index (χ2v) is 11.4. The van der Waals surface area contributed by atoms with Gasteiger partial charge in [0.1, 0.15) is 0 Å². The van der Waals surface area contributed by atoms with Crippen molar-refractivity contribution in [2.45, 2.75) is 58.5 Å². The molecule has 1 saturated heterocycles. The van der Waals surface area contributed by atoms with Crippen molar-refractivity contribution >= 4 is 51.1 Å². The first kappa shape index (κ1) is 22.9. The Morgan fingerprint density at radius 2 is 2.04 bits per heavy atom. The van der Waals surface area contributed by atoms with Gasteiger partial charge in [-0.3, -0.25) is 0 Å². The van der Waals surface area contributed by atoms with Crippen molar-refractivity contribution in [3.8, 4) is 0 Å². The number of aliphatic imine (C=N–C) groups is 1. The summed E-state index contributed by atoms with van der Waals surface area (Å²) in [6.45, 7) is 5.76. The minimum absolute atomic E-state index is 0. The van der Waals surface area contributed by atoms with Gasteiger partial charge in [0.2, 0.25) is 0 Å². The molecule has 3 rings (SSSR count). The Balaban J connectivity index is 0.00000261. The fourth-order valence-corrected chi connectivity index (χ4v) is 6.54. The largest absolute Gasteiger partial charge is 0.356 e. The topological polar surface area (TPSA) is 70.6 Å². The van der Waals surface area contributed by atoms with Gasteiger partial charge in [-0.15, -0.1) is 35.3 Å². The molecule has 0 spiro atoms. The second-order valence-electron chi connectivity index (χ2n) is 7.84. The van der Waals surface area contributed by atoms with E-state index in [4.69, 9.17) is 4.99 Å². The number of aryl methyl sites for hydroxylation is 1. The van der Waals surface area contributed by atoms with Gasteiger partial charge in [-0.05, 0) is 50.2 Å². The van der Waals surface area contributed by atoms with E-state index in [1.54, 1.807) is 11.3 Å². The number of hydrogen-bond donors (Lipinski definition) is 2. The van der Waals surface area contributed by atoms with Gasteiger partial charge in [0, 0.05) is 22.3 Å². The number of nitrogens with zero attached hydrogens (tertiary/aromatic N) is 1. The molecule has 8 heteroatoms. The first-order valence-corrected chi connectivity index (χ1v) is 12.4. The SMILES string of the molecule is Cc1ccc(CN=C(NCC2CCS(=O)(=O)C2)NC2CCCCC2C)s1.I. The van der Waals surface area contributed by atoms with Gasteiger partial charge >= 0.3 is 0 Å². The maximum absolute atomic E-state index is 11.7. The molecule has 1 aromatic heterocycles. The van der Waals surface area contributed by atoms with Crippen LogP contribution in [0.5, 0.6) is 0 Å². The molecule has 0 radical (unpaired) electrons. The highest BCUT2D eigenvalue weighted by atomic mass is 127. The number of thiophene rings is 1. The molecule has 0 bridgehead atoms. The van der Waals surface area contributed by atoms with E-state index in [2.05, 4.69) is 36.6 Å². The summed E-state index contributed by atoms with van der Waals surface area (Å²) in [5.74, 6) is 2.30. The Kier molecular flexibility index (Phi) is 8.86. The summed E-state index contributed by atoms with van der Waals surface area (Å²) in [5, 5.41) is 7.04. The standard InChI is InChI=1S/C19H31N3O2S2.HI/c1-14-5-3-4-6-18(14)22-19(21-12-17-8-7-15(2)25-17)20-11-16-9-10-26(23,24)13-16;/h7-8,14,16,18H,3-6,9-13H2,1-2H3,(H2,20,21,22);1H. The Morgan fingerprint density at radius 3 is 2.67 bits per heavy atom. The molecule has 2 aliphatic rings. The summed E-state index contributed by atoms with van der Waals surface area (Å²) in [6.07, 6.45) is 5.77. The molecule has 1 aromatic rings. The molecule has 27 heavy (non-hydrogen) atoms. The van der Waals surface area contributed by atoms with E-state index in [0.717, 1.165) is 12.4 Å². The van der Waals surface area contributed by atoms with Crippen LogP contribution in [0, 0.1) is 18.8 Å². The number of guanidine groups is 1. The molecule has 154 valence electrons. The monoisotopic (exact) mass is 525 g/mol. The van der Waals surface area contributed by atoms with Crippen LogP contribution >= 0.6 is 35.3 Å². The number of sulfone groups is 1. The van der Waals surface area contributed by atoms with Crippen molar-refractivity contribution < 1.29 is 8.42 Å². The first-order valence-electron chi connectivity index (χ1n) is 9.72. The Bertz CT molecular complexity index is 733. The summed E-state index contributed by atoms with van der Waals surface area (Å²) in [7, 11) is -2.83. The van der Waals surface area contributed by atoms with E-state index in [-0.39, 0.29) is 29.9 Å². The summed E-state index contributed by atoms with van der Waals surface area (Å²) in [6, 6.07) is 4.71. The maximum atomic E-state index is 11.7. The highest BCUT2D eigenvalue weighted by Crippen LogP contribution is 2.24. The lowest BCUT2D eigenvalue weighted by atomic mass is 9.86. The third kappa shape index (κ3) is 7.20. The first-order chi connectivity index (χ1) is 12.4. The van der Waals surface area contributed by atoms with Crippen LogP contribution in [0.3, 0.4) is 0 Å². The molecule has 0 aromatic carbocycles. The van der Waals surface area contributed by atoms with Crippen molar-refractivity contribution in [1.82, 2.24) is 10.6 Å². The van der Waals surface area contributed by atoms with E-state index in [1.165, 1.54) is 35.4 Å². The molecule has 1 aliphatic heterocycles. The summed E-state index contributed by atoms with van der Waals surface area (Å²) in [4.78, 5) is 7.34. The number of nitrogens with one attached hydrogen (secondary N) is 2.